The summed E-state index contributed by atoms with van der Waals surface area (Å²) in [4.78, 5) is 14.5. The molecule has 2 rings (SSSR count). The summed E-state index contributed by atoms with van der Waals surface area (Å²) >= 11 is 6.00. The van der Waals surface area contributed by atoms with E-state index in [4.69, 9.17) is 11.6 Å². The third-order valence-electron chi connectivity index (χ3n) is 3.75. The number of nitrogens with one attached hydrogen (secondary N) is 1. The predicted molar refractivity (Wildman–Crippen MR) is 83.3 cm³/mol. The van der Waals surface area contributed by atoms with Crippen LogP contribution < -0.4 is 5.32 Å². The molecule has 1 amide bonds. The van der Waals surface area contributed by atoms with E-state index in [9.17, 15) is 4.79 Å². The van der Waals surface area contributed by atoms with E-state index in [-0.39, 0.29) is 5.91 Å². The van der Waals surface area contributed by atoms with E-state index in [1.807, 2.05) is 12.1 Å². The van der Waals surface area contributed by atoms with Gasteiger partial charge < -0.3 is 10.2 Å². The van der Waals surface area contributed by atoms with Crippen LogP contribution in [0.3, 0.4) is 0 Å². The lowest BCUT2D eigenvalue weighted by Gasteiger charge is -2.19. The van der Waals surface area contributed by atoms with E-state index >= 15 is 0 Å². The molecule has 1 aliphatic heterocycles. The summed E-state index contributed by atoms with van der Waals surface area (Å²) in [5, 5.41) is 3.46. The van der Waals surface area contributed by atoms with Gasteiger partial charge in [-0.15, -0.1) is 0 Å². The highest BCUT2D eigenvalue weighted by atomic mass is 35.5. The van der Waals surface area contributed by atoms with Crippen LogP contribution in [-0.4, -0.2) is 37.0 Å². The quantitative estimate of drug-likeness (QED) is 0.845. The monoisotopic (exact) mass is 294 g/mol. The molecule has 0 aromatic heterocycles. The SMILES string of the molecule is O=C(NCCCN1CCCCCC1)c1ccccc1Cl. The second kappa shape index (κ2) is 8.28. The number of carbonyl (C=O) groups is 1. The molecule has 110 valence electrons. The standard InChI is InChI=1S/C16H23ClN2O/c17-15-9-4-3-8-14(15)16(20)18-10-7-13-19-11-5-1-2-6-12-19/h3-4,8-9H,1-2,5-7,10-13H2,(H,18,20). The lowest BCUT2D eigenvalue weighted by molar-refractivity contribution is 0.0952. The van der Waals surface area contributed by atoms with Crippen molar-refractivity contribution in [2.24, 2.45) is 0 Å². The van der Waals surface area contributed by atoms with Crippen molar-refractivity contribution in [3.63, 3.8) is 0 Å². The number of likely N-dealkylation sites (tertiary alicyclic amines) is 1. The molecule has 1 aromatic rings. The Kier molecular flexibility index (Phi) is 6.34. The number of nitrogens with zero attached hydrogens (tertiary/aromatic N) is 1. The van der Waals surface area contributed by atoms with Crippen molar-refractivity contribution in [3.8, 4) is 0 Å². The lowest BCUT2D eigenvalue weighted by Crippen LogP contribution is -2.30. The number of hydrogen-bond donors (Lipinski definition) is 1. The van der Waals surface area contributed by atoms with Gasteiger partial charge in [0.15, 0.2) is 0 Å². The van der Waals surface area contributed by atoms with Gasteiger partial charge in [0.2, 0.25) is 0 Å². The molecule has 1 saturated heterocycles. The van der Waals surface area contributed by atoms with Crippen LogP contribution in [0, 0.1) is 0 Å². The predicted octanol–water partition coefficient (Wildman–Crippen LogP) is 3.34. The number of carbonyl (C=O) groups excluding carboxylic acids is 1. The second-order valence-electron chi connectivity index (χ2n) is 5.35. The summed E-state index contributed by atoms with van der Waals surface area (Å²) < 4.78 is 0. The zero-order valence-corrected chi connectivity index (χ0v) is 12.7. The first-order valence-electron chi connectivity index (χ1n) is 7.52. The Bertz CT molecular complexity index is 428. The summed E-state index contributed by atoms with van der Waals surface area (Å²) in [6.45, 7) is 4.19. The fraction of sp³-hybridized carbons (Fsp3) is 0.562. The van der Waals surface area contributed by atoms with Gasteiger partial charge in [-0.2, -0.15) is 0 Å². The van der Waals surface area contributed by atoms with E-state index in [0.717, 1.165) is 13.0 Å². The Morgan fingerprint density at radius 1 is 1.15 bits per heavy atom. The summed E-state index contributed by atoms with van der Waals surface area (Å²) in [6.07, 6.45) is 6.34. The van der Waals surface area contributed by atoms with Crippen molar-refractivity contribution < 1.29 is 4.79 Å². The van der Waals surface area contributed by atoms with Gasteiger partial charge in [-0.25, -0.2) is 0 Å². The van der Waals surface area contributed by atoms with Crippen molar-refractivity contribution in [1.82, 2.24) is 10.2 Å². The zero-order valence-electron chi connectivity index (χ0n) is 11.9. The minimum Gasteiger partial charge on any atom is -0.352 e. The van der Waals surface area contributed by atoms with E-state index < -0.39 is 0 Å². The van der Waals surface area contributed by atoms with Gasteiger partial charge in [0.1, 0.15) is 0 Å². The molecule has 0 unspecified atom stereocenters. The van der Waals surface area contributed by atoms with Crippen LogP contribution in [0.5, 0.6) is 0 Å². The Morgan fingerprint density at radius 3 is 2.55 bits per heavy atom. The van der Waals surface area contributed by atoms with Crippen LogP contribution in [0.15, 0.2) is 24.3 Å². The molecule has 20 heavy (non-hydrogen) atoms. The summed E-state index contributed by atoms with van der Waals surface area (Å²) in [6, 6.07) is 7.16. The molecule has 0 radical (unpaired) electrons. The second-order valence-corrected chi connectivity index (χ2v) is 5.75. The highest BCUT2D eigenvalue weighted by Gasteiger charge is 2.10. The van der Waals surface area contributed by atoms with Gasteiger partial charge in [0.25, 0.3) is 5.91 Å². The minimum atomic E-state index is -0.0773. The van der Waals surface area contributed by atoms with Crippen molar-refractivity contribution in [3.05, 3.63) is 34.9 Å². The Hall–Kier alpha value is -1.06. The summed E-state index contributed by atoms with van der Waals surface area (Å²) in [7, 11) is 0. The van der Waals surface area contributed by atoms with Gasteiger partial charge >= 0.3 is 0 Å². The van der Waals surface area contributed by atoms with Gasteiger partial charge in [0.05, 0.1) is 10.6 Å². The first-order valence-corrected chi connectivity index (χ1v) is 7.90. The topological polar surface area (TPSA) is 32.3 Å². The van der Waals surface area contributed by atoms with Crippen LogP contribution in [0.25, 0.3) is 0 Å². The van der Waals surface area contributed by atoms with E-state index in [0.29, 0.717) is 17.1 Å². The minimum absolute atomic E-state index is 0.0773. The summed E-state index contributed by atoms with van der Waals surface area (Å²) in [5.74, 6) is -0.0773. The van der Waals surface area contributed by atoms with Crippen molar-refractivity contribution in [2.75, 3.05) is 26.2 Å². The lowest BCUT2D eigenvalue weighted by atomic mass is 10.2. The molecule has 1 aliphatic rings. The number of halogens is 1. The molecule has 0 atom stereocenters. The average Bonchev–Trinajstić information content (AvgIpc) is 2.72. The molecule has 1 fully saturated rings. The van der Waals surface area contributed by atoms with Crippen LogP contribution in [-0.2, 0) is 0 Å². The van der Waals surface area contributed by atoms with Crippen LogP contribution >= 0.6 is 11.6 Å². The largest absolute Gasteiger partial charge is 0.352 e. The van der Waals surface area contributed by atoms with Crippen molar-refractivity contribution in [1.29, 1.82) is 0 Å². The van der Waals surface area contributed by atoms with Gasteiger partial charge in [-0.3, -0.25) is 4.79 Å². The molecule has 4 heteroatoms. The Labute approximate surface area is 126 Å². The number of amides is 1. The molecule has 0 bridgehead atoms. The third-order valence-corrected chi connectivity index (χ3v) is 4.08. The van der Waals surface area contributed by atoms with Gasteiger partial charge in [-0.1, -0.05) is 36.6 Å². The third kappa shape index (κ3) is 4.80. The van der Waals surface area contributed by atoms with Crippen LogP contribution in [0.4, 0.5) is 0 Å². The maximum Gasteiger partial charge on any atom is 0.252 e. The van der Waals surface area contributed by atoms with Crippen LogP contribution in [0.1, 0.15) is 42.5 Å². The van der Waals surface area contributed by atoms with Crippen molar-refractivity contribution >= 4 is 17.5 Å². The van der Waals surface area contributed by atoms with E-state index in [2.05, 4.69) is 10.2 Å². The fourth-order valence-electron chi connectivity index (χ4n) is 2.60. The molecule has 1 aromatic carbocycles. The molecule has 0 saturated carbocycles. The summed E-state index contributed by atoms with van der Waals surface area (Å²) in [5.41, 5.74) is 0.559. The number of rotatable bonds is 5. The molecule has 0 aliphatic carbocycles. The van der Waals surface area contributed by atoms with Gasteiger partial charge in [-0.05, 0) is 51.0 Å². The van der Waals surface area contributed by atoms with E-state index in [1.165, 1.54) is 38.8 Å². The van der Waals surface area contributed by atoms with Gasteiger partial charge in [0, 0.05) is 6.54 Å². The normalized spacial score (nSPS) is 16.6. The average molecular weight is 295 g/mol. The first kappa shape index (κ1) is 15.3. The molecule has 0 spiro atoms. The molecular weight excluding hydrogens is 272 g/mol. The molecule has 3 nitrogen and oxygen atoms in total. The molecule has 1 heterocycles. The van der Waals surface area contributed by atoms with Crippen molar-refractivity contribution in [2.45, 2.75) is 32.1 Å². The van der Waals surface area contributed by atoms with Crippen LogP contribution in [0.2, 0.25) is 5.02 Å². The smallest absolute Gasteiger partial charge is 0.252 e. The maximum atomic E-state index is 12.0. The number of hydrogen-bond acceptors (Lipinski definition) is 2. The Balaban J connectivity index is 1.68. The zero-order chi connectivity index (χ0) is 14.2. The molecule has 1 N–H and O–H groups in total. The Morgan fingerprint density at radius 2 is 1.85 bits per heavy atom. The van der Waals surface area contributed by atoms with E-state index in [1.54, 1.807) is 12.1 Å². The fourth-order valence-corrected chi connectivity index (χ4v) is 2.83. The highest BCUT2D eigenvalue weighted by molar-refractivity contribution is 6.33. The highest BCUT2D eigenvalue weighted by Crippen LogP contribution is 2.14. The first-order chi connectivity index (χ1) is 9.77. The molecular formula is C16H23ClN2O. The number of benzene rings is 1. The maximum absolute atomic E-state index is 12.0.